The first-order valence-corrected chi connectivity index (χ1v) is 9.58. The minimum atomic E-state index is -1.09. The third-order valence-corrected chi connectivity index (χ3v) is 4.30. The molecule has 8 nitrogen and oxygen atoms in total. The van der Waals surface area contributed by atoms with E-state index < -0.39 is 35.8 Å². The molecule has 0 saturated heterocycles. The molecule has 0 spiro atoms. The zero-order valence-corrected chi connectivity index (χ0v) is 17.2. The molecule has 0 aliphatic rings. The van der Waals surface area contributed by atoms with Gasteiger partial charge in [-0.1, -0.05) is 23.7 Å². The second-order valence-corrected chi connectivity index (χ2v) is 7.06. The molecule has 0 aliphatic carbocycles. The Morgan fingerprint density at radius 1 is 1.03 bits per heavy atom. The van der Waals surface area contributed by atoms with E-state index >= 15 is 0 Å². The maximum Gasteiger partial charge on any atom is 0.304 e. The van der Waals surface area contributed by atoms with Crippen LogP contribution in [-0.2, 0) is 35.1 Å². The van der Waals surface area contributed by atoms with Crippen LogP contribution in [0.5, 0.6) is 0 Å². The van der Waals surface area contributed by atoms with Crippen molar-refractivity contribution >= 4 is 35.4 Å². The van der Waals surface area contributed by atoms with Crippen molar-refractivity contribution < 1.29 is 33.8 Å². The van der Waals surface area contributed by atoms with Crippen molar-refractivity contribution in [2.75, 3.05) is 13.2 Å². The lowest BCUT2D eigenvalue weighted by Gasteiger charge is -2.21. The smallest absolute Gasteiger partial charge is 0.304 e. The highest BCUT2D eigenvalue weighted by Gasteiger charge is 2.25. The third kappa shape index (κ3) is 11.1. The molecular formula is C20H26ClNO7. The fourth-order valence-electron chi connectivity index (χ4n) is 2.63. The van der Waals surface area contributed by atoms with Gasteiger partial charge in [-0.15, -0.1) is 0 Å². The molecule has 0 bridgehead atoms. The number of benzene rings is 1. The number of carboxylic acids is 1. The van der Waals surface area contributed by atoms with Gasteiger partial charge in [-0.3, -0.25) is 19.2 Å². The lowest BCUT2D eigenvalue weighted by Crippen LogP contribution is -2.45. The number of nitrogens with one attached hydrogen (secondary N) is 1. The molecule has 0 radical (unpaired) electrons. The van der Waals surface area contributed by atoms with E-state index in [0.717, 1.165) is 5.56 Å². The summed E-state index contributed by atoms with van der Waals surface area (Å²) in [6, 6.07) is 6.54. The zero-order valence-electron chi connectivity index (χ0n) is 16.5. The number of ether oxygens (including phenoxy) is 2. The van der Waals surface area contributed by atoms with Crippen molar-refractivity contribution in [2.24, 2.45) is 5.92 Å². The van der Waals surface area contributed by atoms with E-state index in [4.69, 9.17) is 26.2 Å². The Morgan fingerprint density at radius 2 is 1.59 bits per heavy atom. The molecule has 0 saturated carbocycles. The molecule has 0 fully saturated rings. The fraction of sp³-hybridized carbons (Fsp3) is 0.500. The van der Waals surface area contributed by atoms with Crippen LogP contribution >= 0.6 is 11.6 Å². The predicted molar refractivity (Wildman–Crippen MR) is 105 cm³/mol. The molecule has 29 heavy (non-hydrogen) atoms. The lowest BCUT2D eigenvalue weighted by atomic mass is 9.95. The number of aryl methyl sites for hydroxylation is 1. The van der Waals surface area contributed by atoms with Crippen molar-refractivity contribution in [3.05, 3.63) is 34.9 Å². The molecule has 1 amide bonds. The first-order valence-electron chi connectivity index (χ1n) is 9.20. The first-order chi connectivity index (χ1) is 13.7. The normalized spacial score (nSPS) is 11.6. The SMILES string of the molecule is CC(=O)OCC(COC(C)=O)NC(=O)[C@H](CCCc1ccc(Cl)cc1)CC(=O)O. The molecule has 1 atom stereocenters. The summed E-state index contributed by atoms with van der Waals surface area (Å²) < 4.78 is 9.75. The van der Waals surface area contributed by atoms with Crippen molar-refractivity contribution in [3.8, 4) is 0 Å². The summed E-state index contributed by atoms with van der Waals surface area (Å²) in [7, 11) is 0. The molecule has 2 N–H and O–H groups in total. The Kier molecular flexibility index (Phi) is 10.8. The van der Waals surface area contributed by atoms with Gasteiger partial charge in [-0.2, -0.15) is 0 Å². The highest BCUT2D eigenvalue weighted by molar-refractivity contribution is 6.30. The molecule has 0 unspecified atom stereocenters. The summed E-state index contributed by atoms with van der Waals surface area (Å²) in [6.07, 6.45) is 1.30. The quantitative estimate of drug-likeness (QED) is 0.491. The number of esters is 2. The van der Waals surface area contributed by atoms with E-state index in [9.17, 15) is 19.2 Å². The van der Waals surface area contributed by atoms with Gasteiger partial charge in [0.15, 0.2) is 0 Å². The van der Waals surface area contributed by atoms with E-state index in [1.165, 1.54) is 13.8 Å². The van der Waals surface area contributed by atoms with E-state index in [1.807, 2.05) is 12.1 Å². The van der Waals surface area contributed by atoms with Gasteiger partial charge in [0.05, 0.1) is 12.5 Å². The minimum absolute atomic E-state index is 0.182. The van der Waals surface area contributed by atoms with Crippen LogP contribution in [0.4, 0.5) is 0 Å². The first kappa shape index (κ1) is 24.4. The molecular weight excluding hydrogens is 402 g/mol. The second kappa shape index (κ2) is 12.8. The van der Waals surface area contributed by atoms with Crippen LogP contribution in [0.2, 0.25) is 5.02 Å². The number of amides is 1. The summed E-state index contributed by atoms with van der Waals surface area (Å²) in [5.41, 5.74) is 1.03. The molecule has 0 aromatic heterocycles. The zero-order chi connectivity index (χ0) is 21.8. The molecule has 9 heteroatoms. The lowest BCUT2D eigenvalue weighted by molar-refractivity contribution is -0.146. The van der Waals surface area contributed by atoms with Crippen LogP contribution in [0.25, 0.3) is 0 Å². The maximum absolute atomic E-state index is 12.6. The average molecular weight is 428 g/mol. The monoisotopic (exact) mass is 427 g/mol. The van der Waals surface area contributed by atoms with Crippen molar-refractivity contribution in [2.45, 2.75) is 45.6 Å². The summed E-state index contributed by atoms with van der Waals surface area (Å²) in [6.45, 7) is 2.07. The van der Waals surface area contributed by atoms with Crippen LogP contribution in [0.1, 0.15) is 38.7 Å². The Morgan fingerprint density at radius 3 is 2.07 bits per heavy atom. The maximum atomic E-state index is 12.6. The highest BCUT2D eigenvalue weighted by atomic mass is 35.5. The average Bonchev–Trinajstić information content (AvgIpc) is 2.64. The Labute approximate surface area is 174 Å². The van der Waals surface area contributed by atoms with Crippen molar-refractivity contribution in [1.29, 1.82) is 0 Å². The minimum Gasteiger partial charge on any atom is -0.481 e. The number of carboxylic acid groups (broad SMARTS) is 1. The Hall–Kier alpha value is -2.61. The van der Waals surface area contributed by atoms with Crippen LogP contribution in [0.3, 0.4) is 0 Å². The van der Waals surface area contributed by atoms with Gasteiger partial charge in [0.2, 0.25) is 5.91 Å². The molecule has 1 aromatic rings. The number of aliphatic carboxylic acids is 1. The molecule has 160 valence electrons. The molecule has 0 aliphatic heterocycles. The second-order valence-electron chi connectivity index (χ2n) is 6.62. The van der Waals surface area contributed by atoms with Crippen molar-refractivity contribution in [3.63, 3.8) is 0 Å². The summed E-state index contributed by atoms with van der Waals surface area (Å²) in [5, 5.41) is 12.4. The number of carbonyl (C=O) groups is 4. The Bertz CT molecular complexity index is 687. The van der Waals surface area contributed by atoms with Gasteiger partial charge in [-0.05, 0) is 37.0 Å². The predicted octanol–water partition coefficient (Wildman–Crippen LogP) is 2.36. The van der Waals surface area contributed by atoms with Crippen LogP contribution < -0.4 is 5.32 Å². The third-order valence-electron chi connectivity index (χ3n) is 4.05. The number of rotatable bonds is 12. The van der Waals surface area contributed by atoms with Crippen LogP contribution in [-0.4, -0.2) is 48.2 Å². The topological polar surface area (TPSA) is 119 Å². The van der Waals surface area contributed by atoms with E-state index in [0.29, 0.717) is 24.3 Å². The van der Waals surface area contributed by atoms with Gasteiger partial charge >= 0.3 is 17.9 Å². The number of hydrogen-bond donors (Lipinski definition) is 2. The van der Waals surface area contributed by atoms with Gasteiger partial charge < -0.3 is 19.9 Å². The van der Waals surface area contributed by atoms with E-state index in [1.54, 1.807) is 12.1 Å². The Balaban J connectivity index is 2.67. The molecule has 0 heterocycles. The van der Waals surface area contributed by atoms with Crippen LogP contribution in [0, 0.1) is 5.92 Å². The number of halogens is 1. The van der Waals surface area contributed by atoms with Crippen molar-refractivity contribution in [1.82, 2.24) is 5.32 Å². The fourth-order valence-corrected chi connectivity index (χ4v) is 2.75. The standard InChI is InChI=1S/C20H26ClNO7/c1-13(23)28-11-18(12-29-14(2)24)22-20(27)16(10-19(25)26)5-3-4-15-6-8-17(21)9-7-15/h6-9,16,18H,3-5,10-12H2,1-2H3,(H,22,27)(H,25,26)/t16-/m1/s1. The molecule has 1 rings (SSSR count). The molecule has 1 aromatic carbocycles. The van der Waals surface area contributed by atoms with Gasteiger partial charge in [-0.25, -0.2) is 0 Å². The highest BCUT2D eigenvalue weighted by Crippen LogP contribution is 2.17. The van der Waals surface area contributed by atoms with Gasteiger partial charge in [0.1, 0.15) is 13.2 Å². The summed E-state index contributed by atoms with van der Waals surface area (Å²) in [4.78, 5) is 45.8. The van der Waals surface area contributed by atoms with E-state index in [-0.39, 0.29) is 19.6 Å². The van der Waals surface area contributed by atoms with Crippen LogP contribution in [0.15, 0.2) is 24.3 Å². The number of carbonyl (C=O) groups excluding carboxylic acids is 3. The largest absolute Gasteiger partial charge is 0.481 e. The van der Waals surface area contributed by atoms with Gasteiger partial charge in [0.25, 0.3) is 0 Å². The summed E-state index contributed by atoms with van der Waals surface area (Å²) in [5.74, 6) is -3.44. The number of hydrogen-bond acceptors (Lipinski definition) is 6. The van der Waals surface area contributed by atoms with E-state index in [2.05, 4.69) is 5.32 Å². The van der Waals surface area contributed by atoms with Gasteiger partial charge in [0, 0.05) is 24.8 Å². The summed E-state index contributed by atoms with van der Waals surface area (Å²) >= 11 is 5.85.